The van der Waals surface area contributed by atoms with E-state index in [0.717, 1.165) is 44.5 Å². The number of aryl methyl sites for hydroxylation is 2. The first kappa shape index (κ1) is 30.7. The first-order valence-corrected chi connectivity index (χ1v) is 16.3. The summed E-state index contributed by atoms with van der Waals surface area (Å²) < 4.78 is 16.9. The van der Waals surface area contributed by atoms with Crippen molar-refractivity contribution in [3.05, 3.63) is 156 Å². The highest BCUT2D eigenvalue weighted by atomic mass is 19.1. The lowest BCUT2D eigenvalue weighted by atomic mass is 9.98. The van der Waals surface area contributed by atoms with Crippen LogP contribution in [0.3, 0.4) is 0 Å². The van der Waals surface area contributed by atoms with Crippen LogP contribution in [0.1, 0.15) is 25.0 Å². The molecule has 8 rings (SSSR count). The third-order valence-corrected chi connectivity index (χ3v) is 8.41. The van der Waals surface area contributed by atoms with E-state index in [9.17, 15) is 4.39 Å². The van der Waals surface area contributed by atoms with E-state index in [1.807, 2.05) is 86.6 Å². The highest BCUT2D eigenvalue weighted by Gasteiger charge is 2.19. The Kier molecular flexibility index (Phi) is 8.35. The van der Waals surface area contributed by atoms with Crippen molar-refractivity contribution in [2.45, 2.75) is 27.7 Å². The molecule has 0 N–H and O–H groups in total. The summed E-state index contributed by atoms with van der Waals surface area (Å²) in [6.07, 6.45) is 0. The third-order valence-electron chi connectivity index (χ3n) is 8.41. The molecule has 0 unspecified atom stereocenters. The molecular formula is C43H35FN4. The lowest BCUT2D eigenvalue weighted by molar-refractivity contribution is 0.628. The monoisotopic (exact) mass is 626 g/mol. The van der Waals surface area contributed by atoms with E-state index in [2.05, 4.69) is 66.9 Å². The first-order chi connectivity index (χ1) is 23.5. The second kappa shape index (κ2) is 13.0. The third kappa shape index (κ3) is 5.75. The van der Waals surface area contributed by atoms with Gasteiger partial charge in [-0.25, -0.2) is 19.3 Å². The first-order valence-electron chi connectivity index (χ1n) is 16.3. The van der Waals surface area contributed by atoms with Crippen LogP contribution in [0, 0.1) is 19.7 Å². The van der Waals surface area contributed by atoms with E-state index in [4.69, 9.17) is 15.0 Å². The van der Waals surface area contributed by atoms with Crippen molar-refractivity contribution in [2.75, 3.05) is 0 Å². The van der Waals surface area contributed by atoms with Crippen molar-refractivity contribution in [2.24, 2.45) is 0 Å². The number of hydrogen-bond donors (Lipinski definition) is 0. The summed E-state index contributed by atoms with van der Waals surface area (Å²) in [7, 11) is 0. The van der Waals surface area contributed by atoms with Crippen LogP contribution in [0.2, 0.25) is 0 Å². The van der Waals surface area contributed by atoms with Gasteiger partial charge in [-0.1, -0.05) is 116 Å². The van der Waals surface area contributed by atoms with E-state index >= 15 is 0 Å². The largest absolute Gasteiger partial charge is 0.309 e. The molecule has 8 aromatic rings. The van der Waals surface area contributed by atoms with Gasteiger partial charge in [0.2, 0.25) is 0 Å². The minimum atomic E-state index is -0.300. The molecule has 0 saturated heterocycles. The number of nitrogens with zero attached hydrogens (tertiary/aromatic N) is 4. The van der Waals surface area contributed by atoms with Gasteiger partial charge in [0.25, 0.3) is 0 Å². The minimum absolute atomic E-state index is 0.300. The number of rotatable bonds is 5. The van der Waals surface area contributed by atoms with Gasteiger partial charge in [-0.15, -0.1) is 0 Å². The van der Waals surface area contributed by atoms with Crippen molar-refractivity contribution in [1.29, 1.82) is 0 Å². The van der Waals surface area contributed by atoms with Crippen molar-refractivity contribution < 1.29 is 4.39 Å². The lowest BCUT2D eigenvalue weighted by Gasteiger charge is -2.15. The zero-order valence-electron chi connectivity index (χ0n) is 27.4. The van der Waals surface area contributed by atoms with E-state index in [1.165, 1.54) is 28.0 Å². The van der Waals surface area contributed by atoms with Crippen LogP contribution in [0.5, 0.6) is 0 Å². The number of halogens is 1. The van der Waals surface area contributed by atoms with Gasteiger partial charge in [0.05, 0.1) is 11.0 Å². The molecule has 234 valence electrons. The molecule has 5 heteroatoms. The van der Waals surface area contributed by atoms with Crippen LogP contribution in [-0.4, -0.2) is 19.5 Å². The number of fused-ring (bicyclic) bond motifs is 3. The van der Waals surface area contributed by atoms with Crippen LogP contribution in [0.15, 0.2) is 140 Å². The van der Waals surface area contributed by atoms with E-state index in [0.29, 0.717) is 17.5 Å². The second-order valence-electron chi connectivity index (χ2n) is 11.7. The molecule has 2 aromatic heterocycles. The Bertz CT molecular complexity index is 2280. The van der Waals surface area contributed by atoms with Gasteiger partial charge >= 0.3 is 0 Å². The molecule has 0 atom stereocenters. The topological polar surface area (TPSA) is 43.6 Å². The SMILES string of the molecule is CC.Cc1ccc2c(c1)c1cc(C)ccc1n2-c1ccc(-c2cccc(F)c2)c(-c2nc(-c3ccccc3)nc(-c3ccccc3)n2)c1. The van der Waals surface area contributed by atoms with E-state index < -0.39 is 0 Å². The highest BCUT2D eigenvalue weighted by Crippen LogP contribution is 2.38. The van der Waals surface area contributed by atoms with Crippen molar-refractivity contribution >= 4 is 21.8 Å². The van der Waals surface area contributed by atoms with E-state index in [-0.39, 0.29) is 5.82 Å². The smallest absolute Gasteiger partial charge is 0.164 e. The van der Waals surface area contributed by atoms with Gasteiger partial charge in [0.15, 0.2) is 17.5 Å². The molecule has 0 fully saturated rings. The molecule has 0 saturated carbocycles. The molecule has 0 aliphatic rings. The highest BCUT2D eigenvalue weighted by molar-refractivity contribution is 6.09. The van der Waals surface area contributed by atoms with Gasteiger partial charge in [0, 0.05) is 33.2 Å². The van der Waals surface area contributed by atoms with Crippen LogP contribution in [0.25, 0.3) is 72.8 Å². The fourth-order valence-electron chi connectivity index (χ4n) is 6.22. The number of hydrogen-bond acceptors (Lipinski definition) is 3. The molecule has 0 aliphatic heterocycles. The Balaban J connectivity index is 0.00000179. The molecule has 0 radical (unpaired) electrons. The van der Waals surface area contributed by atoms with Crippen molar-refractivity contribution in [1.82, 2.24) is 19.5 Å². The zero-order chi connectivity index (χ0) is 33.2. The van der Waals surface area contributed by atoms with Gasteiger partial charge in [0.1, 0.15) is 5.82 Å². The predicted molar refractivity (Wildman–Crippen MR) is 197 cm³/mol. The maximum atomic E-state index is 14.6. The summed E-state index contributed by atoms with van der Waals surface area (Å²) in [5, 5.41) is 2.40. The molecule has 0 amide bonds. The number of aromatic nitrogens is 4. The standard InChI is InChI=1S/C41H29FN4.C2H6/c1-26-16-20-37-34(22-26)35-23-27(2)17-21-38(35)46(37)32-18-19-33(30-14-9-15-31(42)24-30)36(25-32)41-44-39(28-10-5-3-6-11-28)43-40(45-41)29-12-7-4-8-13-29;1-2/h3-25H,1-2H3;1-2H3. The Morgan fingerprint density at radius 2 is 0.979 bits per heavy atom. The quantitative estimate of drug-likeness (QED) is 0.191. The predicted octanol–water partition coefficient (Wildman–Crippen LogP) is 11.4. The Labute approximate surface area is 280 Å². The maximum absolute atomic E-state index is 14.6. The lowest BCUT2D eigenvalue weighted by Crippen LogP contribution is -2.02. The summed E-state index contributed by atoms with van der Waals surface area (Å²) in [6, 6.07) is 46.0. The summed E-state index contributed by atoms with van der Waals surface area (Å²) >= 11 is 0. The van der Waals surface area contributed by atoms with E-state index in [1.54, 1.807) is 12.1 Å². The van der Waals surface area contributed by atoms with Gasteiger partial charge in [-0.05, 0) is 73.5 Å². The molecular weight excluding hydrogens is 591 g/mol. The molecule has 48 heavy (non-hydrogen) atoms. The fraction of sp³-hybridized carbons (Fsp3) is 0.0930. The van der Waals surface area contributed by atoms with Gasteiger partial charge < -0.3 is 4.57 Å². The van der Waals surface area contributed by atoms with Gasteiger partial charge in [-0.3, -0.25) is 0 Å². The normalized spacial score (nSPS) is 11.0. The molecule has 2 heterocycles. The average molecular weight is 627 g/mol. The summed E-state index contributed by atoms with van der Waals surface area (Å²) in [6.45, 7) is 8.25. The minimum Gasteiger partial charge on any atom is -0.309 e. The van der Waals surface area contributed by atoms with Crippen LogP contribution >= 0.6 is 0 Å². The van der Waals surface area contributed by atoms with Crippen LogP contribution in [-0.2, 0) is 0 Å². The second-order valence-corrected chi connectivity index (χ2v) is 11.7. The summed E-state index contributed by atoms with van der Waals surface area (Å²) in [5.41, 5.74) is 9.75. The Hall–Kier alpha value is -5.94. The van der Waals surface area contributed by atoms with Crippen LogP contribution < -0.4 is 0 Å². The van der Waals surface area contributed by atoms with Gasteiger partial charge in [-0.2, -0.15) is 0 Å². The zero-order valence-corrected chi connectivity index (χ0v) is 27.4. The number of benzene rings is 6. The average Bonchev–Trinajstić information content (AvgIpc) is 3.45. The summed E-state index contributed by atoms with van der Waals surface area (Å²) in [5.74, 6) is 1.36. The van der Waals surface area contributed by atoms with Crippen LogP contribution in [0.4, 0.5) is 4.39 Å². The molecule has 6 aromatic carbocycles. The summed E-state index contributed by atoms with van der Waals surface area (Å²) in [4.78, 5) is 15.0. The maximum Gasteiger partial charge on any atom is 0.164 e. The van der Waals surface area contributed by atoms with Crippen molar-refractivity contribution in [3.63, 3.8) is 0 Å². The van der Waals surface area contributed by atoms with Crippen molar-refractivity contribution in [3.8, 4) is 51.0 Å². The Morgan fingerprint density at radius 3 is 1.52 bits per heavy atom. The Morgan fingerprint density at radius 1 is 0.458 bits per heavy atom. The molecule has 4 nitrogen and oxygen atoms in total. The molecule has 0 bridgehead atoms. The fourth-order valence-corrected chi connectivity index (χ4v) is 6.22. The molecule has 0 spiro atoms. The molecule has 0 aliphatic carbocycles.